The molecule has 3 N–H and O–H groups in total. The number of likely N-dealkylation sites (N-methyl/N-ethyl adjacent to an activating group) is 1. The van der Waals surface area contributed by atoms with Crippen LogP contribution in [0.25, 0.3) is 0 Å². The highest BCUT2D eigenvalue weighted by Gasteiger charge is 2.16. The van der Waals surface area contributed by atoms with Gasteiger partial charge >= 0.3 is 0 Å². The number of hydrogen-bond donors (Lipinski definition) is 3. The molecule has 0 radical (unpaired) electrons. The molecule has 0 spiro atoms. The van der Waals surface area contributed by atoms with Gasteiger partial charge in [0.1, 0.15) is 0 Å². The number of nitrogens with one attached hydrogen (secondary N) is 1. The highest BCUT2D eigenvalue weighted by molar-refractivity contribution is 4.70. The maximum Gasteiger partial charge on any atom is 0.0701 e. The summed E-state index contributed by atoms with van der Waals surface area (Å²) in [6.45, 7) is 9.87. The number of unbranched alkanes of at least 4 members (excludes halogenated alkanes) is 22. The third-order valence-electron chi connectivity index (χ3n) is 9.14. The first-order valence-electron chi connectivity index (χ1n) is 20.0. The van der Waals surface area contributed by atoms with Gasteiger partial charge in [-0.05, 0) is 19.9 Å². The Hall–Kier alpha value is -0.240. The van der Waals surface area contributed by atoms with Gasteiger partial charge < -0.3 is 25.0 Å². The van der Waals surface area contributed by atoms with Crippen molar-refractivity contribution in [2.45, 2.75) is 193 Å². The van der Waals surface area contributed by atoms with Crippen LogP contribution >= 0.6 is 0 Å². The molecule has 0 saturated heterocycles. The summed E-state index contributed by atoms with van der Waals surface area (Å²) in [6, 6.07) is 0. The number of aliphatic hydroxyl groups is 2. The van der Waals surface area contributed by atoms with Gasteiger partial charge in [0.15, 0.2) is 0 Å². The first-order valence-corrected chi connectivity index (χ1v) is 20.0. The fourth-order valence-electron chi connectivity index (χ4n) is 6.17. The van der Waals surface area contributed by atoms with Gasteiger partial charge in [0, 0.05) is 26.2 Å². The van der Waals surface area contributed by atoms with E-state index in [1.54, 1.807) is 0 Å². The number of ether oxygens (including phenoxy) is 2. The molecule has 0 saturated carbocycles. The van der Waals surface area contributed by atoms with Crippen LogP contribution in [0.15, 0.2) is 0 Å². The zero-order valence-electron chi connectivity index (χ0n) is 30.9. The minimum atomic E-state index is -0.336. The van der Waals surface area contributed by atoms with Gasteiger partial charge in [-0.15, -0.1) is 0 Å². The van der Waals surface area contributed by atoms with Crippen molar-refractivity contribution in [2.75, 3.05) is 59.7 Å². The summed E-state index contributed by atoms with van der Waals surface area (Å²) in [5, 5.41) is 24.7. The van der Waals surface area contributed by atoms with Crippen molar-refractivity contribution in [1.82, 2.24) is 10.2 Å². The van der Waals surface area contributed by atoms with Gasteiger partial charge in [0.05, 0.1) is 38.6 Å². The van der Waals surface area contributed by atoms with Gasteiger partial charge in [-0.2, -0.15) is 0 Å². The standard InChI is InChI=1S/C39H82N2O4/c1-4-6-8-10-12-14-16-18-20-22-24-26-28-38(42)36-41(31-33-45-35-34-44-32-30-40-3)37-39(43)29-27-25-23-21-19-17-15-13-11-9-7-5-2/h38-40,42-43H,4-37H2,1-3H3. The summed E-state index contributed by atoms with van der Waals surface area (Å²) in [5.41, 5.74) is 0. The van der Waals surface area contributed by atoms with E-state index < -0.39 is 0 Å². The third kappa shape index (κ3) is 36.4. The number of hydrogen-bond acceptors (Lipinski definition) is 6. The molecular formula is C39H82N2O4. The van der Waals surface area contributed by atoms with E-state index in [0.717, 1.165) is 38.8 Å². The lowest BCUT2D eigenvalue weighted by Gasteiger charge is -2.27. The van der Waals surface area contributed by atoms with Crippen LogP contribution in [0.4, 0.5) is 0 Å². The number of rotatable bonds is 39. The summed E-state index contributed by atoms with van der Waals surface area (Å²) in [6.07, 6.45) is 33.1. The van der Waals surface area contributed by atoms with E-state index in [4.69, 9.17) is 9.47 Å². The molecule has 0 amide bonds. The molecule has 272 valence electrons. The molecule has 0 rings (SSSR count). The molecule has 0 aromatic heterocycles. The summed E-state index contributed by atoms with van der Waals surface area (Å²) in [4.78, 5) is 2.22. The molecule has 0 aliphatic carbocycles. The fraction of sp³-hybridized carbons (Fsp3) is 1.00. The fourth-order valence-corrected chi connectivity index (χ4v) is 6.17. The van der Waals surface area contributed by atoms with E-state index in [1.807, 2.05) is 7.05 Å². The lowest BCUT2D eigenvalue weighted by Crippen LogP contribution is -2.40. The van der Waals surface area contributed by atoms with Crippen LogP contribution < -0.4 is 5.32 Å². The smallest absolute Gasteiger partial charge is 0.0701 e. The molecule has 0 fully saturated rings. The largest absolute Gasteiger partial charge is 0.392 e. The first-order chi connectivity index (χ1) is 22.1. The Morgan fingerprint density at radius 3 is 1.16 bits per heavy atom. The second-order valence-electron chi connectivity index (χ2n) is 13.8. The van der Waals surface area contributed by atoms with Crippen molar-refractivity contribution in [1.29, 1.82) is 0 Å². The SMILES string of the molecule is CCCCCCCCCCCCCCC(O)CN(CCOCCOCCNC)CC(O)CCCCCCCCCCCCCC. The van der Waals surface area contributed by atoms with Crippen molar-refractivity contribution in [2.24, 2.45) is 0 Å². The Balaban J connectivity index is 4.11. The maximum absolute atomic E-state index is 10.8. The lowest BCUT2D eigenvalue weighted by molar-refractivity contribution is 0.0191. The van der Waals surface area contributed by atoms with Gasteiger partial charge in [0.25, 0.3) is 0 Å². The molecule has 0 heterocycles. The quantitative estimate of drug-likeness (QED) is 0.0580. The molecular weight excluding hydrogens is 560 g/mol. The zero-order chi connectivity index (χ0) is 32.9. The molecule has 0 aliphatic rings. The van der Waals surface area contributed by atoms with E-state index in [0.29, 0.717) is 39.5 Å². The van der Waals surface area contributed by atoms with Crippen molar-refractivity contribution in [3.63, 3.8) is 0 Å². The van der Waals surface area contributed by atoms with Crippen LogP contribution in [0.5, 0.6) is 0 Å². The predicted molar refractivity (Wildman–Crippen MR) is 195 cm³/mol. The average Bonchev–Trinajstić information content (AvgIpc) is 3.03. The Labute approximate surface area is 282 Å². The first kappa shape index (κ1) is 44.8. The summed E-state index contributed by atoms with van der Waals surface area (Å²) >= 11 is 0. The van der Waals surface area contributed by atoms with E-state index in [2.05, 4.69) is 24.1 Å². The van der Waals surface area contributed by atoms with Gasteiger partial charge in [-0.1, -0.05) is 168 Å². The van der Waals surface area contributed by atoms with Gasteiger partial charge in [-0.25, -0.2) is 0 Å². The van der Waals surface area contributed by atoms with Crippen LogP contribution in [0.1, 0.15) is 181 Å². The van der Waals surface area contributed by atoms with Crippen LogP contribution in [0.2, 0.25) is 0 Å². The second-order valence-corrected chi connectivity index (χ2v) is 13.8. The molecule has 2 unspecified atom stereocenters. The number of nitrogens with zero attached hydrogens (tertiary/aromatic N) is 1. The van der Waals surface area contributed by atoms with Crippen LogP contribution in [0, 0.1) is 0 Å². The van der Waals surface area contributed by atoms with Crippen molar-refractivity contribution < 1.29 is 19.7 Å². The van der Waals surface area contributed by atoms with Crippen LogP contribution in [-0.2, 0) is 9.47 Å². The topological polar surface area (TPSA) is 74.2 Å². The molecule has 6 heteroatoms. The van der Waals surface area contributed by atoms with Crippen molar-refractivity contribution in [3.05, 3.63) is 0 Å². The number of aliphatic hydroxyl groups excluding tert-OH is 2. The minimum Gasteiger partial charge on any atom is -0.392 e. The van der Waals surface area contributed by atoms with E-state index in [9.17, 15) is 10.2 Å². The van der Waals surface area contributed by atoms with Crippen LogP contribution in [0.3, 0.4) is 0 Å². The molecule has 2 atom stereocenters. The van der Waals surface area contributed by atoms with Crippen LogP contribution in [-0.4, -0.2) is 87.0 Å². The molecule has 0 aromatic rings. The Kier molecular flexibility index (Phi) is 38.0. The zero-order valence-corrected chi connectivity index (χ0v) is 30.9. The minimum absolute atomic E-state index is 0.336. The monoisotopic (exact) mass is 643 g/mol. The highest BCUT2D eigenvalue weighted by atomic mass is 16.5. The summed E-state index contributed by atoms with van der Waals surface area (Å²) < 4.78 is 11.4. The van der Waals surface area contributed by atoms with E-state index in [-0.39, 0.29) is 12.2 Å². The average molecular weight is 643 g/mol. The Bertz CT molecular complexity index is 503. The maximum atomic E-state index is 10.8. The molecule has 0 aliphatic heterocycles. The van der Waals surface area contributed by atoms with Gasteiger partial charge in [-0.3, -0.25) is 4.90 Å². The predicted octanol–water partition coefficient (Wildman–Crippen LogP) is 9.45. The Morgan fingerprint density at radius 1 is 0.467 bits per heavy atom. The van der Waals surface area contributed by atoms with E-state index >= 15 is 0 Å². The molecule has 6 nitrogen and oxygen atoms in total. The van der Waals surface area contributed by atoms with Gasteiger partial charge in [0.2, 0.25) is 0 Å². The third-order valence-corrected chi connectivity index (χ3v) is 9.14. The molecule has 45 heavy (non-hydrogen) atoms. The van der Waals surface area contributed by atoms with Crippen molar-refractivity contribution >= 4 is 0 Å². The molecule has 0 aromatic carbocycles. The summed E-state index contributed by atoms with van der Waals surface area (Å²) in [7, 11) is 1.92. The highest BCUT2D eigenvalue weighted by Crippen LogP contribution is 2.15. The normalized spacial score (nSPS) is 13.2. The molecule has 0 bridgehead atoms. The van der Waals surface area contributed by atoms with E-state index in [1.165, 1.54) is 141 Å². The lowest BCUT2D eigenvalue weighted by atomic mass is 10.0. The summed E-state index contributed by atoms with van der Waals surface area (Å²) in [5.74, 6) is 0. The van der Waals surface area contributed by atoms with Crippen molar-refractivity contribution in [3.8, 4) is 0 Å². The second kappa shape index (κ2) is 38.2. The Morgan fingerprint density at radius 2 is 0.800 bits per heavy atom.